The van der Waals surface area contributed by atoms with E-state index in [1.807, 2.05) is 22.6 Å². The molecule has 2 atom stereocenters. The van der Waals surface area contributed by atoms with Crippen LogP contribution < -0.4 is 9.47 Å². The van der Waals surface area contributed by atoms with Gasteiger partial charge in [-0.25, -0.2) is 4.79 Å². The molecule has 2 N–H and O–H groups in total. The lowest BCUT2D eigenvalue weighted by Gasteiger charge is -2.19. The number of carbonyl (C=O) groups excluding carboxylic acids is 1. The summed E-state index contributed by atoms with van der Waals surface area (Å²) in [5.41, 5.74) is 0.340. The molecule has 1 aromatic rings. The number of methoxy groups -OCH3 is 2. The highest BCUT2D eigenvalue weighted by atomic mass is 127. The fourth-order valence-corrected chi connectivity index (χ4v) is 2.49. The van der Waals surface area contributed by atoms with Crippen LogP contribution in [0.2, 0.25) is 0 Å². The van der Waals surface area contributed by atoms with E-state index >= 15 is 0 Å². The van der Waals surface area contributed by atoms with Crippen LogP contribution in [0.1, 0.15) is 18.6 Å². The first kappa shape index (κ1) is 17.0. The van der Waals surface area contributed by atoms with E-state index in [4.69, 9.17) is 9.47 Å². The van der Waals surface area contributed by atoms with Gasteiger partial charge in [-0.15, -0.1) is 0 Å². The summed E-state index contributed by atoms with van der Waals surface area (Å²) >= 11 is 2.01. The lowest BCUT2D eigenvalue weighted by Crippen LogP contribution is -2.30. The Morgan fingerprint density at radius 3 is 2.45 bits per heavy atom. The highest BCUT2D eigenvalue weighted by molar-refractivity contribution is 14.1. The number of aliphatic hydroxyl groups is 2. The zero-order valence-electron chi connectivity index (χ0n) is 11.4. The Kier molecular flexibility index (Phi) is 6.50. The van der Waals surface area contributed by atoms with Gasteiger partial charge >= 0.3 is 5.97 Å². The van der Waals surface area contributed by atoms with Crippen molar-refractivity contribution >= 4 is 28.6 Å². The molecular weight excluding hydrogens is 379 g/mol. The first-order valence-electron chi connectivity index (χ1n) is 5.90. The molecule has 0 fully saturated rings. The molecule has 1 aromatic carbocycles. The first-order valence-corrected chi connectivity index (χ1v) is 6.98. The molecule has 112 valence electrons. The highest BCUT2D eigenvalue weighted by Crippen LogP contribution is 2.36. The van der Waals surface area contributed by atoms with Crippen molar-refractivity contribution in [3.05, 3.63) is 21.3 Å². The molecule has 7 heteroatoms. The largest absolute Gasteiger partial charge is 0.493 e. The number of aliphatic hydroxyl groups excluding tert-OH is 2. The van der Waals surface area contributed by atoms with Crippen molar-refractivity contribution in [1.82, 2.24) is 0 Å². The summed E-state index contributed by atoms with van der Waals surface area (Å²) in [6.07, 6.45) is -3.05. The van der Waals surface area contributed by atoms with Crippen LogP contribution in [0, 0.1) is 3.57 Å². The Morgan fingerprint density at radius 1 is 1.30 bits per heavy atom. The van der Waals surface area contributed by atoms with Gasteiger partial charge in [0.1, 0.15) is 6.10 Å². The Morgan fingerprint density at radius 2 is 1.95 bits per heavy atom. The maximum absolute atomic E-state index is 11.4. The molecule has 6 nitrogen and oxygen atoms in total. The van der Waals surface area contributed by atoms with Crippen LogP contribution in [0.5, 0.6) is 11.5 Å². The molecule has 0 aliphatic carbocycles. The Bertz CT molecular complexity index is 476. The van der Waals surface area contributed by atoms with Crippen molar-refractivity contribution in [2.24, 2.45) is 0 Å². The maximum Gasteiger partial charge on any atom is 0.338 e. The second-order valence-electron chi connectivity index (χ2n) is 3.88. The van der Waals surface area contributed by atoms with E-state index in [9.17, 15) is 15.0 Å². The van der Waals surface area contributed by atoms with Gasteiger partial charge in [0.2, 0.25) is 0 Å². The number of carbonyl (C=O) groups is 1. The normalized spacial score (nSPS) is 13.5. The highest BCUT2D eigenvalue weighted by Gasteiger charge is 2.28. The van der Waals surface area contributed by atoms with E-state index < -0.39 is 18.2 Å². The summed E-state index contributed by atoms with van der Waals surface area (Å²) in [6.45, 7) is 1.75. The fourth-order valence-electron chi connectivity index (χ4n) is 1.65. The van der Waals surface area contributed by atoms with E-state index in [1.165, 1.54) is 20.3 Å². The van der Waals surface area contributed by atoms with Crippen molar-refractivity contribution in [2.75, 3.05) is 20.8 Å². The molecule has 2 unspecified atom stereocenters. The molecule has 0 aliphatic heterocycles. The van der Waals surface area contributed by atoms with Gasteiger partial charge in [-0.1, -0.05) is 0 Å². The van der Waals surface area contributed by atoms with Crippen molar-refractivity contribution in [2.45, 2.75) is 19.1 Å². The molecule has 1 rings (SSSR count). The van der Waals surface area contributed by atoms with E-state index in [1.54, 1.807) is 13.0 Å². The third kappa shape index (κ3) is 3.74. The average molecular weight is 396 g/mol. The summed E-state index contributed by atoms with van der Waals surface area (Å²) in [7, 11) is 2.97. The lowest BCUT2D eigenvalue weighted by atomic mass is 10.0. The van der Waals surface area contributed by atoms with Crippen LogP contribution in [0.25, 0.3) is 0 Å². The van der Waals surface area contributed by atoms with Gasteiger partial charge in [-0.3, -0.25) is 0 Å². The monoisotopic (exact) mass is 396 g/mol. The minimum atomic E-state index is -1.65. The third-order valence-corrected chi connectivity index (χ3v) is 3.43. The van der Waals surface area contributed by atoms with E-state index in [0.29, 0.717) is 20.6 Å². The van der Waals surface area contributed by atoms with Crippen LogP contribution in [0.15, 0.2) is 12.1 Å². The average Bonchev–Trinajstić information content (AvgIpc) is 2.44. The third-order valence-electron chi connectivity index (χ3n) is 2.62. The minimum Gasteiger partial charge on any atom is -0.493 e. The van der Waals surface area contributed by atoms with Crippen molar-refractivity contribution < 1.29 is 29.2 Å². The molecule has 0 radical (unpaired) electrons. The standard InChI is InChI=1S/C13H17IO6/c1-4-20-13(17)11(16)10(15)7-5-8(14)12(19-3)9(6-7)18-2/h5-6,10-11,15-16H,4H2,1-3H3. The Balaban J connectivity index is 3.07. The summed E-state index contributed by atoms with van der Waals surface area (Å²) in [5, 5.41) is 19.8. The minimum absolute atomic E-state index is 0.131. The molecule has 0 aromatic heterocycles. The predicted octanol–water partition coefficient (Wildman–Crippen LogP) is 1.27. The summed E-state index contributed by atoms with van der Waals surface area (Å²) in [4.78, 5) is 11.4. The Labute approximate surface area is 130 Å². The van der Waals surface area contributed by atoms with Crippen LogP contribution in [-0.2, 0) is 9.53 Å². The maximum atomic E-state index is 11.4. The van der Waals surface area contributed by atoms with E-state index in [0.717, 1.165) is 0 Å². The van der Waals surface area contributed by atoms with Gasteiger partial charge in [-0.2, -0.15) is 0 Å². The molecule has 0 saturated heterocycles. The van der Waals surface area contributed by atoms with Gasteiger partial charge < -0.3 is 24.4 Å². The van der Waals surface area contributed by atoms with Gasteiger partial charge in [0, 0.05) is 0 Å². The molecule has 0 heterocycles. The summed E-state index contributed by atoms with van der Waals surface area (Å²) in [6, 6.07) is 3.11. The lowest BCUT2D eigenvalue weighted by molar-refractivity contribution is -0.159. The summed E-state index contributed by atoms with van der Waals surface area (Å²) < 4.78 is 15.7. The van der Waals surface area contributed by atoms with Gasteiger partial charge in [0.25, 0.3) is 0 Å². The fraction of sp³-hybridized carbons (Fsp3) is 0.462. The van der Waals surface area contributed by atoms with Crippen molar-refractivity contribution in [3.8, 4) is 11.5 Å². The molecule has 0 saturated carbocycles. The topological polar surface area (TPSA) is 85.2 Å². The number of benzene rings is 1. The molecule has 20 heavy (non-hydrogen) atoms. The van der Waals surface area contributed by atoms with Crippen molar-refractivity contribution in [1.29, 1.82) is 0 Å². The van der Waals surface area contributed by atoms with Gasteiger partial charge in [0.15, 0.2) is 17.6 Å². The number of rotatable bonds is 6. The van der Waals surface area contributed by atoms with Crippen LogP contribution >= 0.6 is 22.6 Å². The van der Waals surface area contributed by atoms with Gasteiger partial charge in [0.05, 0.1) is 24.4 Å². The quantitative estimate of drug-likeness (QED) is 0.557. The summed E-state index contributed by atoms with van der Waals surface area (Å²) in [5.74, 6) is 0.0592. The number of halogens is 1. The second kappa shape index (κ2) is 7.65. The number of esters is 1. The zero-order valence-corrected chi connectivity index (χ0v) is 13.6. The van der Waals surface area contributed by atoms with Crippen LogP contribution in [0.3, 0.4) is 0 Å². The molecule has 0 aliphatic rings. The van der Waals surface area contributed by atoms with Gasteiger partial charge in [-0.05, 0) is 47.2 Å². The predicted molar refractivity (Wildman–Crippen MR) is 79.9 cm³/mol. The van der Waals surface area contributed by atoms with Crippen LogP contribution in [-0.4, -0.2) is 43.1 Å². The number of hydrogen-bond donors (Lipinski definition) is 2. The van der Waals surface area contributed by atoms with E-state index in [-0.39, 0.29) is 6.61 Å². The second-order valence-corrected chi connectivity index (χ2v) is 5.04. The molecule has 0 amide bonds. The number of hydrogen-bond acceptors (Lipinski definition) is 6. The zero-order chi connectivity index (χ0) is 15.3. The molecular formula is C13H17IO6. The Hall–Kier alpha value is -1.06. The first-order chi connectivity index (χ1) is 9.46. The van der Waals surface area contributed by atoms with Crippen LogP contribution in [0.4, 0.5) is 0 Å². The molecule has 0 bridgehead atoms. The molecule has 0 spiro atoms. The SMILES string of the molecule is CCOC(=O)C(O)C(O)c1cc(I)c(OC)c(OC)c1. The number of ether oxygens (including phenoxy) is 3. The van der Waals surface area contributed by atoms with E-state index in [2.05, 4.69) is 4.74 Å². The van der Waals surface area contributed by atoms with Crippen molar-refractivity contribution in [3.63, 3.8) is 0 Å². The smallest absolute Gasteiger partial charge is 0.338 e.